The van der Waals surface area contributed by atoms with Crippen molar-refractivity contribution >= 4 is 51.1 Å². The van der Waals surface area contributed by atoms with Gasteiger partial charge in [0.2, 0.25) is 0 Å². The first kappa shape index (κ1) is 22.6. The number of amides is 1. The predicted molar refractivity (Wildman–Crippen MR) is 135 cm³/mol. The van der Waals surface area contributed by atoms with Gasteiger partial charge >= 0.3 is 0 Å². The fraction of sp³-hybridized carbons (Fsp3) is 0.500. The molecule has 2 N–H and O–H groups in total. The van der Waals surface area contributed by atoms with Gasteiger partial charge in [0, 0.05) is 17.1 Å². The van der Waals surface area contributed by atoms with Crippen molar-refractivity contribution in [3.8, 4) is 11.5 Å². The van der Waals surface area contributed by atoms with E-state index in [0.717, 1.165) is 48.2 Å². The highest BCUT2D eigenvalue weighted by molar-refractivity contribution is 14.1. The minimum absolute atomic E-state index is 0.0359. The number of halogens is 1. The van der Waals surface area contributed by atoms with Gasteiger partial charge in [-0.2, -0.15) is 0 Å². The second-order valence-electron chi connectivity index (χ2n) is 8.24. The SMILES string of the molecule is CCOc1cc(/C=N/c2sc3c(c2C(=O)NC2CCCCC2)CCCC3)cc(I)c1O. The van der Waals surface area contributed by atoms with E-state index in [9.17, 15) is 9.90 Å². The molecule has 4 rings (SSSR count). The number of aromatic hydroxyl groups is 1. The number of hydrogen-bond donors (Lipinski definition) is 2. The van der Waals surface area contributed by atoms with E-state index in [1.807, 2.05) is 13.0 Å². The molecule has 0 radical (unpaired) electrons. The first-order valence-corrected chi connectivity index (χ1v) is 13.1. The monoisotopic (exact) mass is 552 g/mol. The number of carbonyl (C=O) groups excluding carboxylic acids is 1. The zero-order valence-corrected chi connectivity index (χ0v) is 20.9. The number of benzene rings is 1. The van der Waals surface area contributed by atoms with Crippen molar-refractivity contribution < 1.29 is 14.6 Å². The molecule has 1 heterocycles. The van der Waals surface area contributed by atoms with Crippen LogP contribution in [-0.2, 0) is 12.8 Å². The van der Waals surface area contributed by atoms with E-state index in [-0.39, 0.29) is 17.7 Å². The minimum Gasteiger partial charge on any atom is -0.504 e. The van der Waals surface area contributed by atoms with Crippen molar-refractivity contribution in [2.45, 2.75) is 70.8 Å². The molecule has 7 heteroatoms. The molecule has 2 aromatic rings. The molecule has 1 aromatic heterocycles. The standard InChI is InChI=1S/C24H29IN2O3S/c1-2-30-19-13-15(12-18(25)22(19)28)14-26-24-21(17-10-6-7-11-20(17)31-24)23(29)27-16-8-4-3-5-9-16/h12-14,16,28H,2-11H2,1H3,(H,27,29)/b26-14+. The first-order valence-electron chi connectivity index (χ1n) is 11.2. The van der Waals surface area contributed by atoms with Gasteiger partial charge in [0.15, 0.2) is 11.5 Å². The number of ether oxygens (including phenoxy) is 1. The fourth-order valence-electron chi connectivity index (χ4n) is 4.45. The van der Waals surface area contributed by atoms with E-state index < -0.39 is 0 Å². The molecule has 31 heavy (non-hydrogen) atoms. The number of nitrogens with zero attached hydrogens (tertiary/aromatic N) is 1. The van der Waals surface area contributed by atoms with Gasteiger partial charge in [-0.1, -0.05) is 19.3 Å². The van der Waals surface area contributed by atoms with Crippen LogP contribution in [-0.4, -0.2) is 29.9 Å². The van der Waals surface area contributed by atoms with Crippen LogP contribution in [0.3, 0.4) is 0 Å². The van der Waals surface area contributed by atoms with Gasteiger partial charge in [0.1, 0.15) is 5.00 Å². The molecule has 2 aliphatic carbocycles. The molecule has 1 fully saturated rings. The molecule has 1 amide bonds. The van der Waals surface area contributed by atoms with Gasteiger partial charge in [0.25, 0.3) is 5.91 Å². The highest BCUT2D eigenvalue weighted by Gasteiger charge is 2.27. The third-order valence-electron chi connectivity index (χ3n) is 6.00. The molecule has 0 unspecified atom stereocenters. The number of nitrogens with one attached hydrogen (secondary N) is 1. The summed E-state index contributed by atoms with van der Waals surface area (Å²) in [7, 11) is 0. The van der Waals surface area contributed by atoms with Crippen molar-refractivity contribution in [1.82, 2.24) is 5.32 Å². The molecule has 0 saturated heterocycles. The second kappa shape index (κ2) is 10.3. The smallest absolute Gasteiger partial charge is 0.254 e. The third kappa shape index (κ3) is 5.25. The lowest BCUT2D eigenvalue weighted by Crippen LogP contribution is -2.36. The van der Waals surface area contributed by atoms with Crippen LogP contribution in [0, 0.1) is 3.57 Å². The van der Waals surface area contributed by atoms with Crippen molar-refractivity contribution in [2.75, 3.05) is 6.61 Å². The van der Waals surface area contributed by atoms with Gasteiger partial charge < -0.3 is 15.2 Å². The fourth-order valence-corrected chi connectivity index (χ4v) is 6.30. The van der Waals surface area contributed by atoms with Crippen LogP contribution in [0.5, 0.6) is 11.5 Å². The number of fused-ring (bicyclic) bond motifs is 1. The molecule has 5 nitrogen and oxygen atoms in total. The number of aryl methyl sites for hydroxylation is 1. The van der Waals surface area contributed by atoms with E-state index in [4.69, 9.17) is 9.73 Å². The molecule has 0 bridgehead atoms. The average Bonchev–Trinajstić information content (AvgIpc) is 3.15. The normalized spacial score (nSPS) is 17.0. The highest BCUT2D eigenvalue weighted by Crippen LogP contribution is 2.40. The number of rotatable bonds is 6. The molecule has 1 saturated carbocycles. The highest BCUT2D eigenvalue weighted by atomic mass is 127. The zero-order valence-electron chi connectivity index (χ0n) is 17.9. The zero-order chi connectivity index (χ0) is 21.8. The quantitative estimate of drug-likeness (QED) is 0.334. The Hall–Kier alpha value is -1.61. The van der Waals surface area contributed by atoms with Gasteiger partial charge in [-0.3, -0.25) is 4.79 Å². The van der Waals surface area contributed by atoms with Crippen molar-refractivity contribution in [1.29, 1.82) is 0 Å². The summed E-state index contributed by atoms with van der Waals surface area (Å²) >= 11 is 3.75. The summed E-state index contributed by atoms with van der Waals surface area (Å²) in [6.07, 6.45) is 11.9. The Kier molecular flexibility index (Phi) is 7.53. The number of hydrogen-bond acceptors (Lipinski definition) is 5. The Morgan fingerprint density at radius 3 is 2.81 bits per heavy atom. The lowest BCUT2D eigenvalue weighted by atomic mass is 9.93. The Morgan fingerprint density at radius 1 is 1.26 bits per heavy atom. The van der Waals surface area contributed by atoms with E-state index in [1.165, 1.54) is 36.1 Å². The molecular weight excluding hydrogens is 523 g/mol. The van der Waals surface area contributed by atoms with Gasteiger partial charge in [0.05, 0.1) is 15.7 Å². The lowest BCUT2D eigenvalue weighted by Gasteiger charge is -2.23. The first-order chi connectivity index (χ1) is 15.1. The summed E-state index contributed by atoms with van der Waals surface area (Å²) in [5.74, 6) is 0.643. The van der Waals surface area contributed by atoms with Gasteiger partial charge in [-0.25, -0.2) is 4.99 Å². The molecule has 0 aliphatic heterocycles. The van der Waals surface area contributed by atoms with Crippen molar-refractivity contribution in [3.05, 3.63) is 37.3 Å². The third-order valence-corrected chi connectivity index (χ3v) is 8.02. The Labute approximate surface area is 201 Å². The van der Waals surface area contributed by atoms with Crippen LogP contribution in [0.1, 0.15) is 78.2 Å². The van der Waals surface area contributed by atoms with E-state index in [1.54, 1.807) is 23.6 Å². The lowest BCUT2D eigenvalue weighted by molar-refractivity contribution is 0.0927. The number of phenols is 1. The van der Waals surface area contributed by atoms with E-state index in [2.05, 4.69) is 27.9 Å². The summed E-state index contributed by atoms with van der Waals surface area (Å²) < 4.78 is 6.26. The van der Waals surface area contributed by atoms with E-state index >= 15 is 0 Å². The minimum atomic E-state index is 0.0359. The Balaban J connectivity index is 1.63. The van der Waals surface area contributed by atoms with Crippen LogP contribution >= 0.6 is 33.9 Å². The summed E-state index contributed by atoms with van der Waals surface area (Å²) in [5, 5.41) is 14.3. The number of thiophene rings is 1. The maximum Gasteiger partial charge on any atom is 0.254 e. The summed E-state index contributed by atoms with van der Waals surface area (Å²) in [6, 6.07) is 3.95. The summed E-state index contributed by atoms with van der Waals surface area (Å²) in [5.41, 5.74) is 2.82. The average molecular weight is 552 g/mol. The maximum atomic E-state index is 13.3. The summed E-state index contributed by atoms with van der Waals surface area (Å²) in [6.45, 7) is 2.37. The van der Waals surface area contributed by atoms with Crippen molar-refractivity contribution in [2.24, 2.45) is 4.99 Å². The molecule has 1 aromatic carbocycles. The predicted octanol–water partition coefficient (Wildman–Crippen LogP) is 6.15. The molecule has 0 atom stereocenters. The molecule has 0 spiro atoms. The van der Waals surface area contributed by atoms with Crippen LogP contribution in [0.25, 0.3) is 0 Å². The van der Waals surface area contributed by atoms with Gasteiger partial charge in [-0.05, 0) is 91.3 Å². The Bertz CT molecular complexity index is 980. The Morgan fingerprint density at radius 2 is 2.03 bits per heavy atom. The van der Waals surface area contributed by atoms with Crippen LogP contribution in [0.2, 0.25) is 0 Å². The van der Waals surface area contributed by atoms with Crippen LogP contribution in [0.4, 0.5) is 5.00 Å². The van der Waals surface area contributed by atoms with E-state index in [0.29, 0.717) is 15.9 Å². The number of phenolic OH excluding ortho intramolecular Hbond substituents is 1. The summed E-state index contributed by atoms with van der Waals surface area (Å²) in [4.78, 5) is 19.4. The van der Waals surface area contributed by atoms with Gasteiger partial charge in [-0.15, -0.1) is 11.3 Å². The molecular formula is C24H29IN2O3S. The van der Waals surface area contributed by atoms with Crippen molar-refractivity contribution in [3.63, 3.8) is 0 Å². The second-order valence-corrected chi connectivity index (χ2v) is 10.5. The van der Waals surface area contributed by atoms with Crippen LogP contribution in [0.15, 0.2) is 17.1 Å². The number of carbonyl (C=O) groups is 1. The topological polar surface area (TPSA) is 70.9 Å². The maximum absolute atomic E-state index is 13.3. The number of aliphatic imine (C=N–C) groups is 1. The molecule has 166 valence electrons. The molecule has 2 aliphatic rings. The van der Waals surface area contributed by atoms with Crippen LogP contribution < -0.4 is 10.1 Å². The largest absolute Gasteiger partial charge is 0.504 e.